The Bertz CT molecular complexity index is 1120. The average Bonchev–Trinajstić information content (AvgIpc) is 3.34. The van der Waals surface area contributed by atoms with Gasteiger partial charge in [-0.15, -0.1) is 11.3 Å². The van der Waals surface area contributed by atoms with Crippen molar-refractivity contribution in [3.8, 4) is 11.3 Å². The third-order valence-electron chi connectivity index (χ3n) is 5.32. The number of benzene rings is 2. The van der Waals surface area contributed by atoms with Gasteiger partial charge in [-0.05, 0) is 30.5 Å². The van der Waals surface area contributed by atoms with Crippen LogP contribution in [0.3, 0.4) is 0 Å². The third-order valence-corrected chi connectivity index (χ3v) is 6.75. The number of alkyl halides is 3. The van der Waals surface area contributed by atoms with Crippen LogP contribution in [0.4, 0.5) is 18.3 Å². The number of carboxylic acids is 1. The van der Waals surface area contributed by atoms with Gasteiger partial charge in [0.1, 0.15) is 0 Å². The molecule has 0 spiro atoms. The molecule has 11 heteroatoms. The van der Waals surface area contributed by atoms with Gasteiger partial charge in [-0.3, -0.25) is 4.79 Å². The predicted octanol–water partition coefficient (Wildman–Crippen LogP) is 5.74. The number of carboxylic acid groups (broad SMARTS) is 1. The molecule has 0 unspecified atom stereocenters. The Kier molecular flexibility index (Phi) is 9.27. The molecule has 6 nitrogen and oxygen atoms in total. The summed E-state index contributed by atoms with van der Waals surface area (Å²) in [6.07, 6.45) is -3.35. The zero-order chi connectivity index (χ0) is 25.4. The van der Waals surface area contributed by atoms with Crippen LogP contribution in [0.1, 0.15) is 18.4 Å². The number of carbonyl (C=O) groups excluding carboxylic acids is 1. The van der Waals surface area contributed by atoms with Crippen LogP contribution >= 0.6 is 27.3 Å². The van der Waals surface area contributed by atoms with Crippen molar-refractivity contribution in [3.05, 3.63) is 70.0 Å². The van der Waals surface area contributed by atoms with Crippen LogP contribution in [0.5, 0.6) is 0 Å². The highest BCUT2D eigenvalue weighted by Gasteiger charge is 2.38. The van der Waals surface area contributed by atoms with Gasteiger partial charge in [0.15, 0.2) is 5.13 Å². The Labute approximate surface area is 212 Å². The molecule has 4 rings (SSSR count). The van der Waals surface area contributed by atoms with Gasteiger partial charge in [0.2, 0.25) is 5.91 Å². The molecule has 1 saturated heterocycles. The molecule has 0 bridgehead atoms. The summed E-state index contributed by atoms with van der Waals surface area (Å²) in [5.74, 6) is -2.50. The van der Waals surface area contributed by atoms with Crippen LogP contribution in [-0.2, 0) is 16.1 Å². The van der Waals surface area contributed by atoms with E-state index in [1.807, 2.05) is 42.5 Å². The van der Waals surface area contributed by atoms with Crippen molar-refractivity contribution in [1.29, 1.82) is 0 Å². The number of hydrogen-bond donors (Lipinski definition) is 2. The Hall–Kier alpha value is -2.92. The van der Waals surface area contributed by atoms with Crippen molar-refractivity contribution in [2.24, 2.45) is 5.92 Å². The Morgan fingerprint density at radius 3 is 2.26 bits per heavy atom. The molecule has 1 aromatic heterocycles. The summed E-state index contributed by atoms with van der Waals surface area (Å²) >= 11 is 5.14. The number of thiazole rings is 1. The van der Waals surface area contributed by atoms with E-state index in [-0.39, 0.29) is 11.8 Å². The summed E-state index contributed by atoms with van der Waals surface area (Å²) < 4.78 is 32.8. The summed E-state index contributed by atoms with van der Waals surface area (Å²) in [6, 6.07) is 18.3. The van der Waals surface area contributed by atoms with Gasteiger partial charge in [-0.2, -0.15) is 13.2 Å². The van der Waals surface area contributed by atoms with E-state index in [0.717, 1.165) is 52.4 Å². The molecule has 35 heavy (non-hydrogen) atoms. The lowest BCUT2D eigenvalue weighted by atomic mass is 9.96. The summed E-state index contributed by atoms with van der Waals surface area (Å²) in [4.78, 5) is 28.5. The van der Waals surface area contributed by atoms with Crippen LogP contribution in [0.2, 0.25) is 0 Å². The normalized spacial score (nSPS) is 14.1. The van der Waals surface area contributed by atoms with Gasteiger partial charge >= 0.3 is 12.1 Å². The minimum atomic E-state index is -5.08. The summed E-state index contributed by atoms with van der Waals surface area (Å²) in [7, 11) is 0. The molecule has 0 saturated carbocycles. The highest BCUT2D eigenvalue weighted by molar-refractivity contribution is 9.10. The van der Waals surface area contributed by atoms with Crippen LogP contribution in [-0.4, -0.2) is 41.2 Å². The number of nitrogens with one attached hydrogen (secondary N) is 1. The fourth-order valence-corrected chi connectivity index (χ4v) is 4.58. The Balaban J connectivity index is 0.000000429. The predicted molar refractivity (Wildman–Crippen MR) is 132 cm³/mol. The van der Waals surface area contributed by atoms with E-state index in [0.29, 0.717) is 6.54 Å². The first-order valence-corrected chi connectivity index (χ1v) is 12.4. The topological polar surface area (TPSA) is 82.5 Å². The molecule has 1 aliphatic heterocycles. The molecule has 0 atom stereocenters. The van der Waals surface area contributed by atoms with Crippen LogP contribution in [0.25, 0.3) is 11.3 Å². The van der Waals surface area contributed by atoms with Gasteiger partial charge in [-0.25, -0.2) is 9.78 Å². The van der Waals surface area contributed by atoms with Crippen molar-refractivity contribution < 1.29 is 27.9 Å². The van der Waals surface area contributed by atoms with Crippen LogP contribution < -0.4 is 10.2 Å². The highest BCUT2D eigenvalue weighted by Crippen LogP contribution is 2.31. The number of aromatic nitrogens is 1. The molecule has 2 aromatic carbocycles. The first-order chi connectivity index (χ1) is 16.6. The molecule has 186 valence electrons. The smallest absolute Gasteiger partial charge is 0.475 e. The summed E-state index contributed by atoms with van der Waals surface area (Å²) in [6.45, 7) is 2.34. The van der Waals surface area contributed by atoms with Crippen molar-refractivity contribution in [1.82, 2.24) is 10.3 Å². The molecular weight excluding hydrogens is 547 g/mol. The van der Waals surface area contributed by atoms with Gasteiger partial charge in [0, 0.05) is 41.0 Å². The number of anilines is 1. The molecule has 0 aliphatic carbocycles. The molecule has 1 fully saturated rings. The zero-order valence-electron chi connectivity index (χ0n) is 18.5. The average molecular weight is 570 g/mol. The summed E-state index contributed by atoms with van der Waals surface area (Å²) in [5, 5.41) is 13.4. The van der Waals surface area contributed by atoms with E-state index in [4.69, 9.17) is 14.9 Å². The quantitative estimate of drug-likeness (QED) is 0.409. The lowest BCUT2D eigenvalue weighted by Gasteiger charge is -2.31. The number of carbonyl (C=O) groups is 2. The monoisotopic (exact) mass is 569 g/mol. The van der Waals surface area contributed by atoms with Crippen molar-refractivity contribution in [3.63, 3.8) is 0 Å². The standard InChI is InChI=1S/C22H22BrN3OS.C2HF3O2/c23-19-8-6-17(7-9-19)20-15-28-22(25-20)26-12-10-18(11-13-26)21(27)24-14-16-4-2-1-3-5-16;3-2(4,5)1(6)7/h1-9,15,18H,10-14H2,(H,24,27);(H,6,7). The van der Waals surface area contributed by atoms with Gasteiger partial charge in [0.05, 0.1) is 5.69 Å². The lowest BCUT2D eigenvalue weighted by molar-refractivity contribution is -0.192. The fraction of sp³-hybridized carbons (Fsp3) is 0.292. The van der Waals surface area contributed by atoms with Gasteiger partial charge in [-0.1, -0.05) is 58.4 Å². The van der Waals surface area contributed by atoms with Crippen LogP contribution in [0.15, 0.2) is 64.5 Å². The maximum Gasteiger partial charge on any atom is 0.490 e. The number of piperidine rings is 1. The SMILES string of the molecule is O=C(NCc1ccccc1)C1CCN(c2nc(-c3ccc(Br)cc3)cs2)CC1.O=C(O)C(F)(F)F. The van der Waals surface area contributed by atoms with Crippen LogP contribution in [0, 0.1) is 5.92 Å². The number of rotatable bonds is 5. The highest BCUT2D eigenvalue weighted by atomic mass is 79.9. The molecule has 2 heterocycles. The van der Waals surface area contributed by atoms with Crippen molar-refractivity contribution in [2.75, 3.05) is 18.0 Å². The second-order valence-corrected chi connectivity index (χ2v) is 9.54. The Morgan fingerprint density at radius 1 is 1.09 bits per heavy atom. The second-order valence-electron chi connectivity index (χ2n) is 7.79. The number of aliphatic carboxylic acids is 1. The first kappa shape index (κ1) is 26.7. The maximum atomic E-state index is 12.5. The molecule has 2 N–H and O–H groups in total. The van der Waals surface area contributed by atoms with E-state index in [1.54, 1.807) is 11.3 Å². The maximum absolute atomic E-state index is 12.5. The van der Waals surface area contributed by atoms with E-state index >= 15 is 0 Å². The van der Waals surface area contributed by atoms with Gasteiger partial charge in [0.25, 0.3) is 0 Å². The molecule has 1 aliphatic rings. The fourth-order valence-electron chi connectivity index (χ4n) is 3.43. The van der Waals surface area contributed by atoms with E-state index in [1.165, 1.54) is 0 Å². The largest absolute Gasteiger partial charge is 0.490 e. The first-order valence-electron chi connectivity index (χ1n) is 10.7. The molecule has 0 radical (unpaired) electrons. The number of hydrogen-bond acceptors (Lipinski definition) is 5. The molecule has 1 amide bonds. The number of nitrogens with zero attached hydrogens (tertiary/aromatic N) is 2. The van der Waals surface area contributed by atoms with Crippen molar-refractivity contribution in [2.45, 2.75) is 25.6 Å². The summed E-state index contributed by atoms with van der Waals surface area (Å²) in [5.41, 5.74) is 3.27. The van der Waals surface area contributed by atoms with E-state index in [2.05, 4.69) is 43.7 Å². The van der Waals surface area contributed by atoms with Gasteiger partial charge < -0.3 is 15.3 Å². The second kappa shape index (κ2) is 12.2. The van der Waals surface area contributed by atoms with E-state index in [9.17, 15) is 18.0 Å². The minimum Gasteiger partial charge on any atom is -0.475 e. The number of halogens is 4. The van der Waals surface area contributed by atoms with Crippen molar-refractivity contribution >= 4 is 44.3 Å². The number of amides is 1. The Morgan fingerprint density at radius 2 is 1.69 bits per heavy atom. The zero-order valence-corrected chi connectivity index (χ0v) is 20.9. The molecular formula is C24H23BrF3N3O3S. The van der Waals surface area contributed by atoms with E-state index < -0.39 is 12.1 Å². The lowest BCUT2D eigenvalue weighted by Crippen LogP contribution is -2.40. The third kappa shape index (κ3) is 8.07. The minimum absolute atomic E-state index is 0.0888. The molecule has 3 aromatic rings.